The van der Waals surface area contributed by atoms with E-state index in [0.717, 1.165) is 24.0 Å². The number of hydrogen-bond acceptors (Lipinski definition) is 4. The number of H-pyrrole nitrogens is 1. The summed E-state index contributed by atoms with van der Waals surface area (Å²) in [5, 5.41) is 0. The average Bonchev–Trinajstić information content (AvgIpc) is 2.63. The molecule has 0 bridgehead atoms. The summed E-state index contributed by atoms with van der Waals surface area (Å²) in [5.41, 5.74) is 7.06. The van der Waals surface area contributed by atoms with E-state index < -0.39 is 11.2 Å². The fourth-order valence-corrected chi connectivity index (χ4v) is 3.04. The number of benzene rings is 1. The Bertz CT molecular complexity index is 926. The molecule has 0 spiro atoms. The number of carbonyl (C=O) groups excluding carboxylic acids is 1. The van der Waals surface area contributed by atoms with Crippen LogP contribution in [-0.2, 0) is 17.8 Å². The molecule has 0 aliphatic carbocycles. The molecule has 3 N–H and O–H groups in total. The molecule has 0 saturated carbocycles. The van der Waals surface area contributed by atoms with Crippen LogP contribution in [0.3, 0.4) is 0 Å². The molecule has 1 aromatic carbocycles. The highest BCUT2D eigenvalue weighted by atomic mass is 16.2. The van der Waals surface area contributed by atoms with E-state index in [1.165, 1.54) is 9.47 Å². The molecule has 0 aliphatic heterocycles. The van der Waals surface area contributed by atoms with Gasteiger partial charge >= 0.3 is 5.69 Å². The Balaban J connectivity index is 2.46. The number of carbonyl (C=O) groups is 1. The van der Waals surface area contributed by atoms with Crippen molar-refractivity contribution in [3.05, 3.63) is 56.2 Å². The minimum Gasteiger partial charge on any atom is -0.383 e. The second kappa shape index (κ2) is 9.39. The molecule has 0 fully saturated rings. The molecule has 1 heterocycles. The van der Waals surface area contributed by atoms with Gasteiger partial charge in [0.05, 0.1) is 6.42 Å². The summed E-state index contributed by atoms with van der Waals surface area (Å²) in [7, 11) is 0. The molecule has 28 heavy (non-hydrogen) atoms. The van der Waals surface area contributed by atoms with Gasteiger partial charge in [-0.05, 0) is 24.8 Å². The van der Waals surface area contributed by atoms with Crippen molar-refractivity contribution in [2.75, 3.05) is 17.2 Å². The first-order valence-electron chi connectivity index (χ1n) is 9.73. The molecule has 0 radical (unpaired) electrons. The van der Waals surface area contributed by atoms with Crippen molar-refractivity contribution in [3.8, 4) is 0 Å². The number of aryl methyl sites for hydroxylation is 1. The van der Waals surface area contributed by atoms with Gasteiger partial charge in [0.15, 0.2) is 5.69 Å². The molecule has 2 aromatic rings. The third-order valence-corrected chi connectivity index (χ3v) is 4.54. The number of amides is 1. The summed E-state index contributed by atoms with van der Waals surface area (Å²) in [6, 6.07) is 7.70. The van der Waals surface area contributed by atoms with Gasteiger partial charge in [-0.1, -0.05) is 57.0 Å². The largest absolute Gasteiger partial charge is 0.383 e. The van der Waals surface area contributed by atoms with Crippen LogP contribution in [0.4, 0.5) is 11.5 Å². The summed E-state index contributed by atoms with van der Waals surface area (Å²) in [5.74, 6) is -0.0221. The van der Waals surface area contributed by atoms with Crippen LogP contribution in [0.5, 0.6) is 0 Å². The Morgan fingerprint density at radius 3 is 2.43 bits per heavy atom. The highest BCUT2D eigenvalue weighted by molar-refractivity contribution is 5.96. The van der Waals surface area contributed by atoms with Crippen molar-refractivity contribution in [1.82, 2.24) is 9.55 Å². The number of hydrogen-bond donors (Lipinski definition) is 2. The predicted molar refractivity (Wildman–Crippen MR) is 113 cm³/mol. The minimum atomic E-state index is -0.629. The van der Waals surface area contributed by atoms with Gasteiger partial charge in [-0.15, -0.1) is 0 Å². The summed E-state index contributed by atoms with van der Waals surface area (Å²) in [4.78, 5) is 41.6. The molecule has 0 aliphatic rings. The lowest BCUT2D eigenvalue weighted by atomic mass is 10.1. The van der Waals surface area contributed by atoms with E-state index >= 15 is 0 Å². The Kier molecular flexibility index (Phi) is 7.20. The van der Waals surface area contributed by atoms with Crippen molar-refractivity contribution in [2.24, 2.45) is 5.92 Å². The summed E-state index contributed by atoms with van der Waals surface area (Å²) < 4.78 is 1.33. The molecular weight excluding hydrogens is 356 g/mol. The van der Waals surface area contributed by atoms with Gasteiger partial charge in [0, 0.05) is 13.1 Å². The maximum Gasteiger partial charge on any atom is 0.330 e. The van der Waals surface area contributed by atoms with Crippen molar-refractivity contribution in [3.63, 3.8) is 0 Å². The zero-order valence-electron chi connectivity index (χ0n) is 17.1. The normalized spacial score (nSPS) is 11.0. The number of nitrogens with one attached hydrogen (secondary N) is 1. The van der Waals surface area contributed by atoms with Gasteiger partial charge in [-0.2, -0.15) is 0 Å². The van der Waals surface area contributed by atoms with Crippen molar-refractivity contribution >= 4 is 17.4 Å². The summed E-state index contributed by atoms with van der Waals surface area (Å²) in [6.07, 6.45) is 1.74. The van der Waals surface area contributed by atoms with Crippen LogP contribution in [-0.4, -0.2) is 22.0 Å². The maximum absolute atomic E-state index is 13.1. The van der Waals surface area contributed by atoms with Crippen LogP contribution in [0.25, 0.3) is 0 Å². The van der Waals surface area contributed by atoms with Crippen LogP contribution in [0.2, 0.25) is 0 Å². The quantitative estimate of drug-likeness (QED) is 0.727. The molecule has 152 valence electrons. The van der Waals surface area contributed by atoms with Crippen LogP contribution < -0.4 is 21.9 Å². The molecule has 1 aromatic heterocycles. The Morgan fingerprint density at radius 1 is 1.21 bits per heavy atom. The van der Waals surface area contributed by atoms with E-state index in [1.807, 2.05) is 52.0 Å². The second-order valence-corrected chi connectivity index (χ2v) is 7.56. The minimum absolute atomic E-state index is 0.0378. The number of nitrogen functional groups attached to an aromatic ring is 1. The lowest BCUT2D eigenvalue weighted by Gasteiger charge is -2.25. The Labute approximate surface area is 165 Å². The zero-order valence-corrected chi connectivity index (χ0v) is 17.1. The lowest BCUT2D eigenvalue weighted by Crippen LogP contribution is -2.42. The topological polar surface area (TPSA) is 101 Å². The Hall–Kier alpha value is -2.83. The summed E-state index contributed by atoms with van der Waals surface area (Å²) >= 11 is 0. The third-order valence-electron chi connectivity index (χ3n) is 4.54. The van der Waals surface area contributed by atoms with E-state index in [0.29, 0.717) is 13.1 Å². The van der Waals surface area contributed by atoms with Gasteiger partial charge in [0.1, 0.15) is 5.82 Å². The number of rotatable bonds is 8. The number of nitrogens with zero attached hydrogens (tertiary/aromatic N) is 2. The van der Waals surface area contributed by atoms with E-state index in [2.05, 4.69) is 4.98 Å². The first-order chi connectivity index (χ1) is 13.2. The van der Waals surface area contributed by atoms with Gasteiger partial charge in [0.2, 0.25) is 5.91 Å². The number of nitrogens with two attached hydrogens (primary N) is 1. The Morgan fingerprint density at radius 2 is 1.86 bits per heavy atom. The van der Waals surface area contributed by atoms with E-state index in [1.54, 1.807) is 0 Å². The first-order valence-corrected chi connectivity index (χ1v) is 9.73. The van der Waals surface area contributed by atoms with Crippen LogP contribution in [0.15, 0.2) is 33.9 Å². The van der Waals surface area contributed by atoms with E-state index in [9.17, 15) is 14.4 Å². The molecular formula is C21H30N4O3. The number of aromatic nitrogens is 2. The van der Waals surface area contributed by atoms with Crippen LogP contribution >= 0.6 is 0 Å². The number of unbranched alkanes of at least 4 members (excludes halogenated alkanes) is 1. The van der Waals surface area contributed by atoms with Crippen molar-refractivity contribution < 1.29 is 4.79 Å². The third kappa shape index (κ3) is 5.12. The highest BCUT2D eigenvalue weighted by Gasteiger charge is 2.24. The second-order valence-electron chi connectivity index (χ2n) is 7.56. The molecule has 2 rings (SSSR count). The fraction of sp³-hybridized carbons (Fsp3) is 0.476. The molecule has 0 atom stereocenters. The van der Waals surface area contributed by atoms with Gasteiger partial charge in [0.25, 0.3) is 5.56 Å². The zero-order chi connectivity index (χ0) is 20.8. The molecule has 7 heteroatoms. The van der Waals surface area contributed by atoms with E-state index in [4.69, 9.17) is 5.73 Å². The fourth-order valence-electron chi connectivity index (χ4n) is 3.04. The van der Waals surface area contributed by atoms with E-state index in [-0.39, 0.29) is 29.8 Å². The van der Waals surface area contributed by atoms with Gasteiger partial charge < -0.3 is 10.6 Å². The van der Waals surface area contributed by atoms with Crippen molar-refractivity contribution in [1.29, 1.82) is 0 Å². The van der Waals surface area contributed by atoms with Gasteiger partial charge in [-0.3, -0.25) is 19.1 Å². The molecule has 0 unspecified atom stereocenters. The van der Waals surface area contributed by atoms with Crippen LogP contribution in [0.1, 0.15) is 44.7 Å². The molecule has 7 nitrogen and oxygen atoms in total. The van der Waals surface area contributed by atoms with Crippen molar-refractivity contribution in [2.45, 2.75) is 53.5 Å². The maximum atomic E-state index is 13.1. The number of aromatic amines is 1. The smallest absolute Gasteiger partial charge is 0.330 e. The standard InChI is InChI=1S/C21H30N4O3/c1-5-6-11-24(17(26)12-16-9-7-15(4)8-10-16)18-19(22)25(13-14(2)3)21(28)23-20(18)27/h7-10,14H,5-6,11-13,22H2,1-4H3,(H,23,27,28). The monoisotopic (exact) mass is 386 g/mol. The SMILES string of the molecule is CCCCN(C(=O)Cc1ccc(C)cc1)c1c(N)n(CC(C)C)c(=O)[nH]c1=O. The van der Waals surface area contributed by atoms with Crippen LogP contribution in [0, 0.1) is 12.8 Å². The number of anilines is 2. The van der Waals surface area contributed by atoms with Gasteiger partial charge in [-0.25, -0.2) is 4.79 Å². The first kappa shape index (κ1) is 21.5. The molecule has 0 saturated heterocycles. The summed E-state index contributed by atoms with van der Waals surface area (Å²) in [6.45, 7) is 8.63. The highest BCUT2D eigenvalue weighted by Crippen LogP contribution is 2.20. The predicted octanol–water partition coefficient (Wildman–Crippen LogP) is 2.46. The lowest BCUT2D eigenvalue weighted by molar-refractivity contribution is -0.118. The average molecular weight is 386 g/mol. The molecule has 1 amide bonds.